The van der Waals surface area contributed by atoms with Crippen LogP contribution < -0.4 is 10.1 Å². The summed E-state index contributed by atoms with van der Waals surface area (Å²) in [7, 11) is 0. The Balaban J connectivity index is 1.56. The number of halogens is 2. The lowest BCUT2D eigenvalue weighted by molar-refractivity contribution is 0.0499. The van der Waals surface area contributed by atoms with Crippen LogP contribution >= 0.6 is 0 Å². The maximum Gasteiger partial charge on any atom is 0.338 e. The third-order valence-electron chi connectivity index (χ3n) is 9.20. The van der Waals surface area contributed by atoms with Crippen LogP contribution in [0.3, 0.4) is 0 Å². The van der Waals surface area contributed by atoms with Gasteiger partial charge in [-0.2, -0.15) is 0 Å². The van der Waals surface area contributed by atoms with Gasteiger partial charge in [0.2, 0.25) is 0 Å². The minimum absolute atomic E-state index is 0.0263. The molecule has 0 atom stereocenters. The molecule has 0 unspecified atom stereocenters. The largest absolute Gasteiger partial charge is 0.462 e. The van der Waals surface area contributed by atoms with Crippen molar-refractivity contribution in [2.24, 2.45) is 0 Å². The molecule has 2 aliphatic rings. The van der Waals surface area contributed by atoms with Crippen molar-refractivity contribution < 1.29 is 23.0 Å². The molecule has 47 heavy (non-hydrogen) atoms. The second-order valence-corrected chi connectivity index (χ2v) is 13.7. The molecule has 4 aromatic carbocycles. The minimum atomic E-state index is -0.827. The van der Waals surface area contributed by atoms with Crippen LogP contribution in [-0.2, 0) is 10.2 Å². The smallest absolute Gasteiger partial charge is 0.338 e. The Kier molecular flexibility index (Phi) is 8.88. The first kappa shape index (κ1) is 32.4. The van der Waals surface area contributed by atoms with Crippen molar-refractivity contribution in [2.45, 2.75) is 83.7 Å². The van der Waals surface area contributed by atoms with Crippen LogP contribution in [-0.4, -0.2) is 30.4 Å². The lowest BCUT2D eigenvalue weighted by Crippen LogP contribution is -2.20. The first-order valence-corrected chi connectivity index (χ1v) is 16.4. The Morgan fingerprint density at radius 1 is 0.957 bits per heavy atom. The number of benzene rings is 4. The van der Waals surface area contributed by atoms with E-state index < -0.39 is 18.0 Å². The summed E-state index contributed by atoms with van der Waals surface area (Å²) >= 11 is 0. The number of hydrogen-bond acceptors (Lipinski definition) is 5. The maximum atomic E-state index is 15.5. The summed E-state index contributed by atoms with van der Waals surface area (Å²) in [6.45, 7) is 8.67. The molecular formula is C39H41F2N3O3. The van der Waals surface area contributed by atoms with Crippen molar-refractivity contribution in [3.05, 3.63) is 94.3 Å². The highest BCUT2D eigenvalue weighted by Gasteiger charge is 2.31. The fraction of sp³-hybridized carbons (Fsp3) is 0.359. The van der Waals surface area contributed by atoms with Gasteiger partial charge in [-0.3, -0.25) is 10.8 Å². The highest BCUT2D eigenvalue weighted by atomic mass is 19.1. The zero-order chi connectivity index (χ0) is 33.5. The zero-order valence-electron chi connectivity index (χ0n) is 27.4. The fourth-order valence-corrected chi connectivity index (χ4v) is 6.60. The van der Waals surface area contributed by atoms with E-state index >= 15 is 4.39 Å². The van der Waals surface area contributed by atoms with Crippen LogP contribution in [0.25, 0.3) is 21.9 Å². The van der Waals surface area contributed by atoms with E-state index in [1.807, 2.05) is 25.1 Å². The molecule has 4 aromatic rings. The van der Waals surface area contributed by atoms with Gasteiger partial charge in [-0.25, -0.2) is 13.6 Å². The topological polar surface area (TPSA) is 95.3 Å². The van der Waals surface area contributed by atoms with Gasteiger partial charge in [0.15, 0.2) is 0 Å². The molecule has 0 spiro atoms. The summed E-state index contributed by atoms with van der Waals surface area (Å²) in [5.74, 6) is 0.245. The molecule has 0 amide bonds. The molecule has 0 aromatic heterocycles. The maximum absolute atomic E-state index is 15.5. The van der Waals surface area contributed by atoms with E-state index in [1.165, 1.54) is 12.1 Å². The molecule has 1 aliphatic carbocycles. The number of rotatable bonds is 8. The Labute approximate surface area is 274 Å². The zero-order valence-corrected chi connectivity index (χ0v) is 27.4. The highest BCUT2D eigenvalue weighted by Crippen LogP contribution is 2.46. The van der Waals surface area contributed by atoms with Crippen LogP contribution in [0.5, 0.6) is 11.5 Å². The Hall–Kier alpha value is -4.59. The second-order valence-electron chi connectivity index (χ2n) is 13.7. The first-order valence-electron chi connectivity index (χ1n) is 16.4. The van der Waals surface area contributed by atoms with E-state index in [-0.39, 0.29) is 23.0 Å². The monoisotopic (exact) mass is 637 g/mol. The standard InChI is InChI=1S/C39H41F2N3O3/c1-5-6-14-46-38(45)23-8-7-9-30(19-23)47-32-21-27(39(2,3)4)16-26-20-31-35(37(43)44-36(31)42)34(33(26)32)25-15-24(17-29(41)18-25)22-10-12-28(40)13-11-22/h7-9,15-22,28H,5-6,10-14H2,1-4H3,(H3,42,43,44). The number of carbonyl (C=O) groups is 1. The summed E-state index contributed by atoms with van der Waals surface area (Å²) in [6, 6.07) is 17.7. The van der Waals surface area contributed by atoms with Crippen LogP contribution in [0.4, 0.5) is 8.78 Å². The molecule has 1 aliphatic heterocycles. The van der Waals surface area contributed by atoms with Gasteiger partial charge in [0.25, 0.3) is 0 Å². The number of amidine groups is 2. The van der Waals surface area contributed by atoms with Crippen molar-refractivity contribution in [3.8, 4) is 22.6 Å². The summed E-state index contributed by atoms with van der Waals surface area (Å²) in [4.78, 5) is 12.8. The van der Waals surface area contributed by atoms with Crippen LogP contribution in [0.15, 0.2) is 60.7 Å². The number of esters is 1. The van der Waals surface area contributed by atoms with Gasteiger partial charge < -0.3 is 14.8 Å². The number of nitrogens with one attached hydrogen (secondary N) is 3. The predicted molar refractivity (Wildman–Crippen MR) is 183 cm³/mol. The van der Waals surface area contributed by atoms with Gasteiger partial charge in [-0.15, -0.1) is 0 Å². The van der Waals surface area contributed by atoms with Gasteiger partial charge >= 0.3 is 5.97 Å². The van der Waals surface area contributed by atoms with E-state index in [0.717, 1.165) is 29.4 Å². The summed E-state index contributed by atoms with van der Waals surface area (Å²) in [5.41, 5.74) is 4.08. The number of carbonyl (C=O) groups excluding carboxylic acids is 1. The molecule has 1 heterocycles. The van der Waals surface area contributed by atoms with Crippen LogP contribution in [0.1, 0.15) is 105 Å². The van der Waals surface area contributed by atoms with Gasteiger partial charge in [0.1, 0.15) is 35.2 Å². The van der Waals surface area contributed by atoms with Crippen molar-refractivity contribution in [2.75, 3.05) is 6.61 Å². The minimum Gasteiger partial charge on any atom is -0.462 e. The SMILES string of the molecule is CCCCOC(=O)c1cccc(Oc2cc(C(C)(C)C)cc3cc4c(c(-c5cc(F)cc(C6CCC(F)CC6)c5)c23)C(=N)NC4=N)c1. The molecule has 1 fully saturated rings. The normalized spacial score (nSPS) is 17.8. The third kappa shape index (κ3) is 6.64. The van der Waals surface area contributed by atoms with E-state index in [0.29, 0.717) is 77.0 Å². The van der Waals surface area contributed by atoms with Crippen molar-refractivity contribution in [1.29, 1.82) is 10.8 Å². The summed E-state index contributed by atoms with van der Waals surface area (Å²) < 4.78 is 41.6. The lowest BCUT2D eigenvalue weighted by Gasteiger charge is -2.26. The van der Waals surface area contributed by atoms with E-state index in [1.54, 1.807) is 24.3 Å². The van der Waals surface area contributed by atoms with Gasteiger partial charge in [0, 0.05) is 22.1 Å². The molecule has 6 rings (SSSR count). The molecule has 0 bridgehead atoms. The number of ether oxygens (including phenoxy) is 2. The fourth-order valence-electron chi connectivity index (χ4n) is 6.60. The molecule has 3 N–H and O–H groups in total. The van der Waals surface area contributed by atoms with Crippen molar-refractivity contribution in [3.63, 3.8) is 0 Å². The van der Waals surface area contributed by atoms with Crippen LogP contribution in [0, 0.1) is 16.6 Å². The molecule has 0 saturated heterocycles. The third-order valence-corrected chi connectivity index (χ3v) is 9.20. The summed E-state index contributed by atoms with van der Waals surface area (Å²) in [5, 5.41) is 21.8. The molecule has 6 nitrogen and oxygen atoms in total. The van der Waals surface area contributed by atoms with Gasteiger partial charge in [-0.05, 0) is 108 Å². The number of hydrogen-bond donors (Lipinski definition) is 3. The van der Waals surface area contributed by atoms with E-state index in [4.69, 9.17) is 20.3 Å². The van der Waals surface area contributed by atoms with E-state index in [9.17, 15) is 9.18 Å². The van der Waals surface area contributed by atoms with Crippen LogP contribution in [0.2, 0.25) is 0 Å². The first-order chi connectivity index (χ1) is 22.4. The van der Waals surface area contributed by atoms with Crippen molar-refractivity contribution >= 4 is 28.4 Å². The Bertz CT molecular complexity index is 1890. The second kappa shape index (κ2) is 12.9. The molecule has 8 heteroatoms. The Morgan fingerprint density at radius 2 is 1.72 bits per heavy atom. The van der Waals surface area contributed by atoms with Gasteiger partial charge in [-0.1, -0.05) is 52.3 Å². The molecule has 1 saturated carbocycles. The number of unbranched alkanes of at least 4 members (excludes halogenated alkanes) is 1. The van der Waals surface area contributed by atoms with E-state index in [2.05, 4.69) is 32.2 Å². The molecule has 0 radical (unpaired) electrons. The molecular weight excluding hydrogens is 596 g/mol. The predicted octanol–water partition coefficient (Wildman–Crippen LogP) is 9.94. The lowest BCUT2D eigenvalue weighted by atomic mass is 9.80. The van der Waals surface area contributed by atoms with Gasteiger partial charge in [0.05, 0.1) is 12.2 Å². The quantitative estimate of drug-likeness (QED) is 0.132. The average Bonchev–Trinajstić information content (AvgIpc) is 3.31. The Morgan fingerprint density at radius 3 is 2.45 bits per heavy atom. The summed E-state index contributed by atoms with van der Waals surface area (Å²) in [6.07, 6.45) is 3.04. The highest BCUT2D eigenvalue weighted by molar-refractivity contribution is 6.29. The molecule has 244 valence electrons. The van der Waals surface area contributed by atoms with Crippen molar-refractivity contribution in [1.82, 2.24) is 5.32 Å². The number of alkyl halides is 1. The number of fused-ring (bicyclic) bond motifs is 2. The average molecular weight is 638 g/mol.